The van der Waals surface area contributed by atoms with Gasteiger partial charge in [0.15, 0.2) is 0 Å². The largest absolute Gasteiger partial charge is 0.508 e. The maximum absolute atomic E-state index is 9.46. The summed E-state index contributed by atoms with van der Waals surface area (Å²) in [7, 11) is 0. The van der Waals surface area contributed by atoms with Gasteiger partial charge >= 0.3 is 0 Å². The van der Waals surface area contributed by atoms with Gasteiger partial charge in [-0.1, -0.05) is 24.3 Å². The first-order chi connectivity index (χ1) is 10.1. The molecule has 0 radical (unpaired) electrons. The van der Waals surface area contributed by atoms with Gasteiger partial charge in [-0.3, -0.25) is 10.0 Å². The van der Waals surface area contributed by atoms with Crippen LogP contribution in [0.5, 0.6) is 11.5 Å². The Morgan fingerprint density at radius 1 is 0.952 bits per heavy atom. The van der Waals surface area contributed by atoms with E-state index >= 15 is 0 Å². The van der Waals surface area contributed by atoms with Crippen molar-refractivity contribution in [1.29, 1.82) is 0 Å². The van der Waals surface area contributed by atoms with Crippen LogP contribution in [-0.2, 0) is 0 Å². The number of hydrogen-bond donors (Lipinski definition) is 3. The average molecular weight is 283 g/mol. The molecule has 1 aliphatic heterocycles. The molecule has 1 aliphatic rings. The molecule has 0 fully saturated rings. The molecule has 0 spiro atoms. The molecule has 0 bridgehead atoms. The minimum atomic E-state index is -0.0834. The van der Waals surface area contributed by atoms with Crippen molar-refractivity contribution >= 4 is 6.34 Å². The van der Waals surface area contributed by atoms with Crippen LogP contribution in [0.2, 0.25) is 0 Å². The van der Waals surface area contributed by atoms with Crippen LogP contribution >= 0.6 is 0 Å². The highest BCUT2D eigenvalue weighted by Gasteiger charge is 2.24. The SMILES string of the molecule is CC1N=CN(C(c2ccc(O)cc2)c2ccc(O)cc2)N1. The summed E-state index contributed by atoms with van der Waals surface area (Å²) in [5, 5.41) is 20.9. The van der Waals surface area contributed by atoms with Crippen LogP contribution in [-0.4, -0.2) is 27.7 Å². The fraction of sp³-hybridized carbons (Fsp3) is 0.188. The van der Waals surface area contributed by atoms with Gasteiger partial charge in [0.1, 0.15) is 24.0 Å². The van der Waals surface area contributed by atoms with Crippen molar-refractivity contribution in [2.45, 2.75) is 19.1 Å². The highest BCUT2D eigenvalue weighted by atomic mass is 16.3. The third-order valence-corrected chi connectivity index (χ3v) is 3.45. The average Bonchev–Trinajstić information content (AvgIpc) is 2.90. The van der Waals surface area contributed by atoms with E-state index in [9.17, 15) is 10.2 Å². The molecule has 0 aliphatic carbocycles. The first-order valence-corrected chi connectivity index (χ1v) is 6.79. The maximum atomic E-state index is 9.46. The van der Waals surface area contributed by atoms with Gasteiger partial charge in [0.05, 0.1) is 6.04 Å². The summed E-state index contributed by atoms with van der Waals surface area (Å²) < 4.78 is 0. The van der Waals surface area contributed by atoms with Crippen molar-refractivity contribution in [3.63, 3.8) is 0 Å². The van der Waals surface area contributed by atoms with E-state index in [2.05, 4.69) is 10.4 Å². The summed E-state index contributed by atoms with van der Waals surface area (Å²) in [6, 6.07) is 14.1. The zero-order valence-corrected chi connectivity index (χ0v) is 11.6. The molecule has 1 unspecified atom stereocenters. The second-order valence-electron chi connectivity index (χ2n) is 5.06. The molecule has 0 saturated carbocycles. The number of hydrazine groups is 1. The Labute approximate surface area is 123 Å². The number of phenolic OH excluding ortho intramolecular Hbond substituents is 2. The molecule has 1 heterocycles. The lowest BCUT2D eigenvalue weighted by Gasteiger charge is -2.28. The van der Waals surface area contributed by atoms with Crippen LogP contribution in [0.4, 0.5) is 0 Å². The zero-order valence-electron chi connectivity index (χ0n) is 11.6. The van der Waals surface area contributed by atoms with Crippen LogP contribution in [0.3, 0.4) is 0 Å². The number of phenols is 2. The molecule has 1 atom stereocenters. The van der Waals surface area contributed by atoms with Crippen LogP contribution in [0.15, 0.2) is 53.5 Å². The van der Waals surface area contributed by atoms with E-state index in [1.54, 1.807) is 30.6 Å². The van der Waals surface area contributed by atoms with Gasteiger partial charge in [0.25, 0.3) is 0 Å². The highest BCUT2D eigenvalue weighted by molar-refractivity contribution is 5.59. The first kappa shape index (κ1) is 13.5. The Kier molecular flexibility index (Phi) is 3.50. The van der Waals surface area contributed by atoms with E-state index in [1.807, 2.05) is 36.2 Å². The van der Waals surface area contributed by atoms with Crippen molar-refractivity contribution in [1.82, 2.24) is 10.4 Å². The fourth-order valence-electron chi connectivity index (χ4n) is 2.42. The second-order valence-corrected chi connectivity index (χ2v) is 5.06. The summed E-state index contributed by atoms with van der Waals surface area (Å²) in [5.41, 5.74) is 5.31. The molecular weight excluding hydrogens is 266 g/mol. The zero-order chi connectivity index (χ0) is 14.8. The van der Waals surface area contributed by atoms with E-state index in [-0.39, 0.29) is 23.7 Å². The number of aromatic hydroxyl groups is 2. The lowest BCUT2D eigenvalue weighted by atomic mass is 9.98. The molecule has 5 nitrogen and oxygen atoms in total. The quantitative estimate of drug-likeness (QED) is 0.809. The van der Waals surface area contributed by atoms with Gasteiger partial charge in [-0.15, -0.1) is 0 Å². The standard InChI is InChI=1S/C16H17N3O2/c1-11-17-10-19(18-11)16(12-2-6-14(20)7-3-12)13-4-8-15(21)9-5-13/h2-11,16,18,20-21H,1H3. The van der Waals surface area contributed by atoms with Gasteiger partial charge in [0.2, 0.25) is 0 Å². The Bertz CT molecular complexity index is 592. The number of nitrogens with zero attached hydrogens (tertiary/aromatic N) is 2. The predicted molar refractivity (Wildman–Crippen MR) is 81.0 cm³/mol. The molecular formula is C16H17N3O2. The minimum absolute atomic E-state index is 0.0294. The third kappa shape index (κ3) is 2.83. The number of rotatable bonds is 3. The van der Waals surface area contributed by atoms with Gasteiger partial charge in [-0.2, -0.15) is 0 Å². The Morgan fingerprint density at radius 3 is 1.81 bits per heavy atom. The molecule has 0 aromatic heterocycles. The summed E-state index contributed by atoms with van der Waals surface area (Å²) >= 11 is 0. The van der Waals surface area contributed by atoms with Gasteiger partial charge in [0, 0.05) is 0 Å². The van der Waals surface area contributed by atoms with E-state index in [1.165, 1.54) is 0 Å². The number of aliphatic imine (C=N–C) groups is 1. The molecule has 2 aromatic rings. The van der Waals surface area contributed by atoms with E-state index in [0.717, 1.165) is 11.1 Å². The van der Waals surface area contributed by atoms with Crippen LogP contribution in [0, 0.1) is 0 Å². The molecule has 0 amide bonds. The van der Waals surface area contributed by atoms with Crippen molar-refractivity contribution in [2.75, 3.05) is 0 Å². The van der Waals surface area contributed by atoms with Gasteiger partial charge in [-0.25, -0.2) is 5.43 Å². The van der Waals surface area contributed by atoms with Crippen LogP contribution < -0.4 is 5.43 Å². The normalized spacial score (nSPS) is 17.6. The third-order valence-electron chi connectivity index (χ3n) is 3.45. The molecule has 5 heteroatoms. The molecule has 3 N–H and O–H groups in total. The summed E-state index contributed by atoms with van der Waals surface area (Å²) in [6.45, 7) is 1.97. The molecule has 21 heavy (non-hydrogen) atoms. The van der Waals surface area contributed by atoms with Crippen molar-refractivity contribution < 1.29 is 10.2 Å². The van der Waals surface area contributed by atoms with E-state index < -0.39 is 0 Å². The maximum Gasteiger partial charge on any atom is 0.115 e. The molecule has 0 saturated heterocycles. The molecule has 2 aromatic carbocycles. The Hall–Kier alpha value is -2.53. The van der Waals surface area contributed by atoms with Crippen LogP contribution in [0.1, 0.15) is 24.1 Å². The van der Waals surface area contributed by atoms with E-state index in [4.69, 9.17) is 0 Å². The summed E-state index contributed by atoms with van der Waals surface area (Å²) in [5.74, 6) is 0.472. The summed E-state index contributed by atoms with van der Waals surface area (Å²) in [6.07, 6.45) is 1.80. The number of nitrogens with one attached hydrogen (secondary N) is 1. The van der Waals surface area contributed by atoms with Gasteiger partial charge in [-0.05, 0) is 42.3 Å². The monoisotopic (exact) mass is 283 g/mol. The highest BCUT2D eigenvalue weighted by Crippen LogP contribution is 2.30. The second kappa shape index (κ2) is 5.46. The smallest absolute Gasteiger partial charge is 0.115 e. The molecule has 3 rings (SSSR count). The fourth-order valence-corrected chi connectivity index (χ4v) is 2.42. The van der Waals surface area contributed by atoms with Gasteiger partial charge < -0.3 is 10.2 Å². The Balaban J connectivity index is 2.00. The topological polar surface area (TPSA) is 68.1 Å². The van der Waals surface area contributed by atoms with Crippen molar-refractivity contribution in [2.24, 2.45) is 4.99 Å². The lowest BCUT2D eigenvalue weighted by molar-refractivity contribution is 0.266. The van der Waals surface area contributed by atoms with Crippen molar-refractivity contribution in [3.05, 3.63) is 59.7 Å². The Morgan fingerprint density at radius 2 is 1.43 bits per heavy atom. The summed E-state index contributed by atoms with van der Waals surface area (Å²) in [4.78, 5) is 4.32. The molecule has 108 valence electrons. The van der Waals surface area contributed by atoms with Crippen molar-refractivity contribution in [3.8, 4) is 11.5 Å². The van der Waals surface area contributed by atoms with E-state index in [0.29, 0.717) is 0 Å². The first-order valence-electron chi connectivity index (χ1n) is 6.79. The van der Waals surface area contributed by atoms with Crippen LogP contribution in [0.25, 0.3) is 0 Å². The number of benzene rings is 2. The predicted octanol–water partition coefficient (Wildman–Crippen LogP) is 2.38. The number of hydrogen-bond acceptors (Lipinski definition) is 5. The minimum Gasteiger partial charge on any atom is -0.508 e. The lowest BCUT2D eigenvalue weighted by Crippen LogP contribution is -2.39.